The summed E-state index contributed by atoms with van der Waals surface area (Å²) in [6.45, 7) is 0. The van der Waals surface area contributed by atoms with Crippen LogP contribution in [0.1, 0.15) is 6.42 Å². The van der Waals surface area contributed by atoms with Crippen molar-refractivity contribution >= 4 is 16.0 Å². The molecule has 1 aromatic carbocycles. The van der Waals surface area contributed by atoms with Crippen molar-refractivity contribution in [3.8, 4) is 0 Å². The predicted molar refractivity (Wildman–Crippen MR) is 65.4 cm³/mol. The maximum Gasteiger partial charge on any atom is 0.310 e. The first-order valence-corrected chi connectivity index (χ1v) is 7.06. The van der Waals surface area contributed by atoms with E-state index in [9.17, 15) is 17.6 Å². The van der Waals surface area contributed by atoms with Gasteiger partial charge in [-0.15, -0.1) is 0 Å². The number of carboxylic acids is 1. The zero-order chi connectivity index (χ0) is 14.0. The number of benzene rings is 1. The molecule has 102 valence electrons. The Hall–Kier alpha value is -1.73. The first-order chi connectivity index (χ1) is 8.88. The Labute approximate surface area is 109 Å². The standard InChI is InChI=1S/C12H12FNO4S/c13-9-2-5-11(6-3-9)19(17,18)14-10-4-1-8(7-10)12(15)16/h1-6,8,10,14H,7H2,(H,15,16). The van der Waals surface area contributed by atoms with Crippen LogP contribution in [0.3, 0.4) is 0 Å². The Morgan fingerprint density at radius 1 is 1.26 bits per heavy atom. The van der Waals surface area contributed by atoms with Crippen LogP contribution in [0.15, 0.2) is 41.3 Å². The molecule has 2 rings (SSSR count). The highest BCUT2D eigenvalue weighted by Gasteiger charge is 2.27. The third-order valence-electron chi connectivity index (χ3n) is 2.83. The predicted octanol–water partition coefficient (Wildman–Crippen LogP) is 1.13. The van der Waals surface area contributed by atoms with E-state index in [2.05, 4.69) is 4.72 Å². The number of hydrogen-bond donors (Lipinski definition) is 2. The van der Waals surface area contributed by atoms with Crippen LogP contribution in [-0.4, -0.2) is 25.5 Å². The molecule has 2 unspecified atom stereocenters. The monoisotopic (exact) mass is 285 g/mol. The average Bonchev–Trinajstić information content (AvgIpc) is 2.77. The lowest BCUT2D eigenvalue weighted by molar-refractivity contribution is -0.140. The Bertz CT molecular complexity index is 609. The molecular formula is C12H12FNO4S. The molecule has 0 aliphatic heterocycles. The van der Waals surface area contributed by atoms with Gasteiger partial charge in [0.15, 0.2) is 0 Å². The molecule has 0 aromatic heterocycles. The fraction of sp³-hybridized carbons (Fsp3) is 0.250. The molecule has 2 atom stereocenters. The second kappa shape index (κ2) is 5.10. The van der Waals surface area contributed by atoms with E-state index in [1.165, 1.54) is 12.2 Å². The number of carbonyl (C=O) groups is 1. The minimum absolute atomic E-state index is 0.0546. The molecule has 0 fully saturated rings. The Morgan fingerprint density at radius 3 is 2.42 bits per heavy atom. The number of hydrogen-bond acceptors (Lipinski definition) is 3. The summed E-state index contributed by atoms with van der Waals surface area (Å²) in [6.07, 6.45) is 3.15. The van der Waals surface area contributed by atoms with Crippen LogP contribution in [0.4, 0.5) is 4.39 Å². The summed E-state index contributed by atoms with van der Waals surface area (Å²) in [7, 11) is -3.77. The molecule has 0 saturated carbocycles. The van der Waals surface area contributed by atoms with Crippen LogP contribution in [0, 0.1) is 11.7 Å². The molecule has 1 aromatic rings. The van der Waals surface area contributed by atoms with E-state index in [0.29, 0.717) is 0 Å². The van der Waals surface area contributed by atoms with E-state index < -0.39 is 33.8 Å². The third kappa shape index (κ3) is 3.18. The van der Waals surface area contributed by atoms with Gasteiger partial charge >= 0.3 is 5.97 Å². The quantitative estimate of drug-likeness (QED) is 0.812. The van der Waals surface area contributed by atoms with Gasteiger partial charge in [0.05, 0.1) is 10.8 Å². The molecule has 7 heteroatoms. The highest BCUT2D eigenvalue weighted by Crippen LogP contribution is 2.20. The lowest BCUT2D eigenvalue weighted by atomic mass is 10.1. The number of sulfonamides is 1. The lowest BCUT2D eigenvalue weighted by Gasteiger charge is -2.12. The van der Waals surface area contributed by atoms with E-state index in [1.807, 2.05) is 0 Å². The van der Waals surface area contributed by atoms with Crippen LogP contribution in [0.25, 0.3) is 0 Å². The minimum atomic E-state index is -3.77. The zero-order valence-corrected chi connectivity index (χ0v) is 10.6. The van der Waals surface area contributed by atoms with Gasteiger partial charge in [0.1, 0.15) is 5.82 Å². The molecule has 0 bridgehead atoms. The topological polar surface area (TPSA) is 83.5 Å². The van der Waals surface area contributed by atoms with Crippen LogP contribution >= 0.6 is 0 Å². The van der Waals surface area contributed by atoms with Gasteiger partial charge in [-0.2, -0.15) is 0 Å². The second-order valence-electron chi connectivity index (χ2n) is 4.25. The van der Waals surface area contributed by atoms with Gasteiger partial charge in [0.25, 0.3) is 0 Å². The van der Waals surface area contributed by atoms with E-state index in [0.717, 1.165) is 24.3 Å². The van der Waals surface area contributed by atoms with Gasteiger partial charge in [-0.3, -0.25) is 4.79 Å². The first-order valence-electron chi connectivity index (χ1n) is 5.57. The summed E-state index contributed by atoms with van der Waals surface area (Å²) in [5.74, 6) is -2.19. The second-order valence-corrected chi connectivity index (χ2v) is 5.96. The number of aliphatic carboxylic acids is 1. The maximum atomic E-state index is 12.7. The third-order valence-corrected chi connectivity index (χ3v) is 4.34. The lowest BCUT2D eigenvalue weighted by Crippen LogP contribution is -2.33. The molecule has 5 nitrogen and oxygen atoms in total. The van der Waals surface area contributed by atoms with Crippen molar-refractivity contribution in [3.63, 3.8) is 0 Å². The van der Waals surface area contributed by atoms with Gasteiger partial charge in [-0.1, -0.05) is 12.2 Å². The summed E-state index contributed by atoms with van der Waals surface area (Å²) >= 11 is 0. The summed E-state index contributed by atoms with van der Waals surface area (Å²) < 4.78 is 39.0. The first kappa shape index (κ1) is 13.7. The normalized spacial score (nSPS) is 22.6. The number of rotatable bonds is 4. The van der Waals surface area contributed by atoms with E-state index >= 15 is 0 Å². The summed E-state index contributed by atoms with van der Waals surface area (Å²) in [5.41, 5.74) is 0. The number of halogens is 1. The van der Waals surface area contributed by atoms with Crippen molar-refractivity contribution in [3.05, 3.63) is 42.2 Å². The van der Waals surface area contributed by atoms with Crippen molar-refractivity contribution in [1.29, 1.82) is 0 Å². The molecule has 0 heterocycles. The van der Waals surface area contributed by atoms with Crippen LogP contribution < -0.4 is 4.72 Å². The summed E-state index contributed by atoms with van der Waals surface area (Å²) in [6, 6.07) is 3.87. The van der Waals surface area contributed by atoms with Crippen molar-refractivity contribution in [2.75, 3.05) is 0 Å². The van der Waals surface area contributed by atoms with Crippen molar-refractivity contribution in [2.45, 2.75) is 17.4 Å². The minimum Gasteiger partial charge on any atom is -0.481 e. The molecular weight excluding hydrogens is 273 g/mol. The van der Waals surface area contributed by atoms with Gasteiger partial charge in [-0.05, 0) is 30.7 Å². The Kier molecular flexibility index (Phi) is 3.68. The van der Waals surface area contributed by atoms with Gasteiger partial charge in [0, 0.05) is 6.04 Å². The maximum absolute atomic E-state index is 12.7. The Balaban J connectivity index is 2.09. The molecule has 0 saturated heterocycles. The number of nitrogens with one attached hydrogen (secondary N) is 1. The molecule has 0 radical (unpaired) electrons. The molecule has 2 N–H and O–H groups in total. The van der Waals surface area contributed by atoms with Crippen LogP contribution in [0.5, 0.6) is 0 Å². The number of carboxylic acid groups (broad SMARTS) is 1. The summed E-state index contributed by atoms with van der Waals surface area (Å²) in [4.78, 5) is 10.7. The van der Waals surface area contributed by atoms with E-state index in [1.54, 1.807) is 0 Å². The molecule has 0 spiro atoms. The van der Waals surface area contributed by atoms with Gasteiger partial charge in [-0.25, -0.2) is 17.5 Å². The van der Waals surface area contributed by atoms with Gasteiger partial charge in [0.2, 0.25) is 10.0 Å². The zero-order valence-electron chi connectivity index (χ0n) is 9.78. The molecule has 19 heavy (non-hydrogen) atoms. The highest BCUT2D eigenvalue weighted by atomic mass is 32.2. The fourth-order valence-electron chi connectivity index (χ4n) is 1.85. The fourth-order valence-corrected chi connectivity index (χ4v) is 3.05. The van der Waals surface area contributed by atoms with Gasteiger partial charge < -0.3 is 5.11 Å². The van der Waals surface area contributed by atoms with Crippen LogP contribution in [-0.2, 0) is 14.8 Å². The average molecular weight is 285 g/mol. The molecule has 0 amide bonds. The molecule has 1 aliphatic rings. The molecule has 1 aliphatic carbocycles. The highest BCUT2D eigenvalue weighted by molar-refractivity contribution is 7.89. The van der Waals surface area contributed by atoms with E-state index in [4.69, 9.17) is 5.11 Å². The van der Waals surface area contributed by atoms with E-state index in [-0.39, 0.29) is 11.3 Å². The van der Waals surface area contributed by atoms with Crippen LogP contribution in [0.2, 0.25) is 0 Å². The SMILES string of the molecule is O=C(O)C1C=CC(NS(=O)(=O)c2ccc(F)cc2)C1. The van der Waals surface area contributed by atoms with Crippen molar-refractivity contribution in [1.82, 2.24) is 4.72 Å². The van der Waals surface area contributed by atoms with Crippen molar-refractivity contribution in [2.24, 2.45) is 5.92 Å². The smallest absolute Gasteiger partial charge is 0.310 e. The summed E-state index contributed by atoms with van der Waals surface area (Å²) in [5, 5.41) is 8.81. The van der Waals surface area contributed by atoms with Crippen molar-refractivity contribution < 1.29 is 22.7 Å². The Morgan fingerprint density at radius 2 is 1.89 bits per heavy atom. The largest absolute Gasteiger partial charge is 0.481 e.